The van der Waals surface area contributed by atoms with Crippen LogP contribution in [0.5, 0.6) is 0 Å². The van der Waals surface area contributed by atoms with Gasteiger partial charge in [0.05, 0.1) is 10.7 Å². The number of halogens is 2. The molecule has 0 bridgehead atoms. The Labute approximate surface area is 125 Å². The molecule has 2 N–H and O–H groups in total. The first-order valence-corrected chi connectivity index (χ1v) is 8.19. The maximum atomic E-state index is 11.7. The Kier molecular flexibility index (Phi) is 6.62. The lowest BCUT2D eigenvalue weighted by molar-refractivity contribution is 0.249. The molecular formula is C12H16Cl2N2O2S. The molecule has 0 spiro atoms. The number of urea groups is 1. The van der Waals surface area contributed by atoms with Crippen molar-refractivity contribution in [3.8, 4) is 0 Å². The van der Waals surface area contributed by atoms with Crippen molar-refractivity contribution >= 4 is 45.7 Å². The first-order valence-electron chi connectivity index (χ1n) is 5.71. The van der Waals surface area contributed by atoms with E-state index in [1.807, 2.05) is 6.92 Å². The smallest absolute Gasteiger partial charge is 0.319 e. The summed E-state index contributed by atoms with van der Waals surface area (Å²) >= 11 is 11.8. The van der Waals surface area contributed by atoms with Gasteiger partial charge in [-0.3, -0.25) is 4.21 Å². The van der Waals surface area contributed by atoms with E-state index in [2.05, 4.69) is 10.6 Å². The van der Waals surface area contributed by atoms with Crippen LogP contribution in [0.15, 0.2) is 18.2 Å². The van der Waals surface area contributed by atoms with Gasteiger partial charge in [-0.15, -0.1) is 0 Å². The molecule has 106 valence electrons. The van der Waals surface area contributed by atoms with E-state index in [9.17, 15) is 9.00 Å². The largest absolute Gasteiger partial charge is 0.335 e. The second-order valence-electron chi connectivity index (χ2n) is 4.19. The van der Waals surface area contributed by atoms with Crippen LogP contribution in [0.1, 0.15) is 13.3 Å². The second-order valence-corrected chi connectivity index (χ2v) is 6.59. The lowest BCUT2D eigenvalue weighted by Crippen LogP contribution is -2.36. The molecule has 19 heavy (non-hydrogen) atoms. The quantitative estimate of drug-likeness (QED) is 0.874. The molecule has 1 aromatic carbocycles. The average Bonchev–Trinajstić information content (AvgIpc) is 2.31. The molecule has 0 saturated heterocycles. The third-order valence-corrected chi connectivity index (χ3v) is 3.77. The molecule has 0 aromatic heterocycles. The molecule has 2 atom stereocenters. The van der Waals surface area contributed by atoms with Crippen molar-refractivity contribution in [1.29, 1.82) is 0 Å². The van der Waals surface area contributed by atoms with Crippen molar-refractivity contribution in [2.24, 2.45) is 0 Å². The Morgan fingerprint density at radius 1 is 1.42 bits per heavy atom. The van der Waals surface area contributed by atoms with Crippen molar-refractivity contribution < 1.29 is 9.00 Å². The van der Waals surface area contributed by atoms with Gasteiger partial charge in [0.2, 0.25) is 0 Å². The molecule has 4 nitrogen and oxygen atoms in total. The number of carbonyl (C=O) groups is 1. The third kappa shape index (κ3) is 6.27. The highest BCUT2D eigenvalue weighted by Gasteiger charge is 2.10. The zero-order chi connectivity index (χ0) is 14.4. The number of nitrogens with one attached hydrogen (secondary N) is 2. The van der Waals surface area contributed by atoms with Crippen LogP contribution in [0.2, 0.25) is 10.0 Å². The summed E-state index contributed by atoms with van der Waals surface area (Å²) in [5, 5.41) is 6.28. The van der Waals surface area contributed by atoms with Crippen LogP contribution in [-0.4, -0.2) is 28.3 Å². The van der Waals surface area contributed by atoms with E-state index in [0.29, 0.717) is 27.9 Å². The van der Waals surface area contributed by atoms with Gasteiger partial charge in [-0.2, -0.15) is 0 Å². The van der Waals surface area contributed by atoms with Gasteiger partial charge in [0, 0.05) is 33.9 Å². The highest BCUT2D eigenvalue weighted by atomic mass is 35.5. The van der Waals surface area contributed by atoms with Crippen molar-refractivity contribution in [2.45, 2.75) is 19.4 Å². The molecule has 0 aliphatic heterocycles. The fourth-order valence-corrected chi connectivity index (χ4v) is 2.41. The average molecular weight is 323 g/mol. The minimum Gasteiger partial charge on any atom is -0.335 e. The topological polar surface area (TPSA) is 58.2 Å². The minimum absolute atomic E-state index is 0.0677. The van der Waals surface area contributed by atoms with Gasteiger partial charge < -0.3 is 10.6 Å². The molecule has 0 heterocycles. The first-order chi connectivity index (χ1) is 8.88. The summed E-state index contributed by atoms with van der Waals surface area (Å²) < 4.78 is 11.0. The van der Waals surface area contributed by atoms with Gasteiger partial charge in [0.1, 0.15) is 0 Å². The highest BCUT2D eigenvalue weighted by Crippen LogP contribution is 2.25. The number of carbonyl (C=O) groups excluding carboxylic acids is 1. The number of rotatable bonds is 5. The summed E-state index contributed by atoms with van der Waals surface area (Å²) in [7, 11) is -0.856. The number of hydrogen-bond donors (Lipinski definition) is 2. The van der Waals surface area contributed by atoms with Crippen LogP contribution in [0.3, 0.4) is 0 Å². The molecule has 1 aromatic rings. The van der Waals surface area contributed by atoms with Gasteiger partial charge in [-0.25, -0.2) is 4.79 Å². The van der Waals surface area contributed by atoms with Crippen LogP contribution >= 0.6 is 23.2 Å². The van der Waals surface area contributed by atoms with E-state index in [4.69, 9.17) is 23.2 Å². The van der Waals surface area contributed by atoms with Crippen LogP contribution < -0.4 is 10.6 Å². The number of benzene rings is 1. The molecule has 0 fully saturated rings. The molecule has 1 rings (SSSR count). The summed E-state index contributed by atoms with van der Waals surface area (Å²) in [6.45, 7) is 1.85. The summed E-state index contributed by atoms with van der Waals surface area (Å²) in [4.78, 5) is 11.7. The zero-order valence-electron chi connectivity index (χ0n) is 10.7. The Bertz CT molecular complexity index is 483. The van der Waals surface area contributed by atoms with Gasteiger partial charge in [0.15, 0.2) is 0 Å². The predicted octanol–water partition coefficient (Wildman–Crippen LogP) is 3.27. The lowest BCUT2D eigenvalue weighted by Gasteiger charge is -2.14. The van der Waals surface area contributed by atoms with E-state index in [-0.39, 0.29) is 12.1 Å². The molecule has 0 aliphatic carbocycles. The lowest BCUT2D eigenvalue weighted by atomic mass is 10.2. The molecule has 0 radical (unpaired) electrons. The fourth-order valence-electron chi connectivity index (χ4n) is 1.39. The summed E-state index contributed by atoms with van der Waals surface area (Å²) in [5.41, 5.74) is 0.456. The number of hydrogen-bond acceptors (Lipinski definition) is 2. The van der Waals surface area contributed by atoms with Crippen LogP contribution in [-0.2, 0) is 10.8 Å². The molecule has 0 aliphatic rings. The number of anilines is 1. The first kappa shape index (κ1) is 16.3. The van der Waals surface area contributed by atoms with Gasteiger partial charge in [0.25, 0.3) is 0 Å². The van der Waals surface area contributed by atoms with Gasteiger partial charge in [-0.05, 0) is 31.5 Å². The molecule has 2 amide bonds. The second kappa shape index (κ2) is 7.72. The normalized spacial score (nSPS) is 13.7. The van der Waals surface area contributed by atoms with Crippen molar-refractivity contribution in [2.75, 3.05) is 17.3 Å². The monoisotopic (exact) mass is 322 g/mol. The maximum absolute atomic E-state index is 11.7. The number of amides is 2. The third-order valence-electron chi connectivity index (χ3n) is 2.39. The van der Waals surface area contributed by atoms with Gasteiger partial charge in [-0.1, -0.05) is 23.2 Å². The van der Waals surface area contributed by atoms with Gasteiger partial charge >= 0.3 is 6.03 Å². The predicted molar refractivity (Wildman–Crippen MR) is 81.6 cm³/mol. The van der Waals surface area contributed by atoms with Crippen LogP contribution in [0, 0.1) is 0 Å². The summed E-state index contributed by atoms with van der Waals surface area (Å²) in [6, 6.07) is 4.41. The molecule has 0 saturated carbocycles. The zero-order valence-corrected chi connectivity index (χ0v) is 13.0. The molecule has 7 heteroatoms. The summed E-state index contributed by atoms with van der Waals surface area (Å²) in [5.74, 6) is 0.555. The highest BCUT2D eigenvalue weighted by molar-refractivity contribution is 7.84. The Balaban J connectivity index is 2.50. The minimum atomic E-state index is -0.856. The van der Waals surface area contributed by atoms with E-state index in [0.717, 1.165) is 0 Å². The van der Waals surface area contributed by atoms with Crippen LogP contribution in [0.25, 0.3) is 0 Å². The van der Waals surface area contributed by atoms with Crippen molar-refractivity contribution in [1.82, 2.24) is 5.32 Å². The SMILES string of the molecule is C[C@H](CC[S@@](C)=O)NC(=O)Nc1cc(Cl)ccc1Cl. The molecule has 0 unspecified atom stereocenters. The van der Waals surface area contributed by atoms with E-state index >= 15 is 0 Å². The Hall–Kier alpha value is -0.780. The Morgan fingerprint density at radius 2 is 2.11 bits per heavy atom. The van der Waals surface area contributed by atoms with Crippen molar-refractivity contribution in [3.63, 3.8) is 0 Å². The molecular weight excluding hydrogens is 307 g/mol. The maximum Gasteiger partial charge on any atom is 0.319 e. The van der Waals surface area contributed by atoms with E-state index in [1.54, 1.807) is 24.5 Å². The Morgan fingerprint density at radius 3 is 2.74 bits per heavy atom. The fraction of sp³-hybridized carbons (Fsp3) is 0.417. The van der Waals surface area contributed by atoms with Crippen LogP contribution in [0.4, 0.5) is 10.5 Å². The van der Waals surface area contributed by atoms with E-state index in [1.165, 1.54) is 0 Å². The summed E-state index contributed by atoms with van der Waals surface area (Å²) in [6.07, 6.45) is 2.29. The van der Waals surface area contributed by atoms with Crippen molar-refractivity contribution in [3.05, 3.63) is 28.2 Å². The van der Waals surface area contributed by atoms with E-state index < -0.39 is 10.8 Å². The standard InChI is InChI=1S/C12H16Cl2N2O2S/c1-8(5-6-19(2)18)15-12(17)16-11-7-9(13)3-4-10(11)14/h3-4,7-8H,5-6H2,1-2H3,(H2,15,16,17)/t8-,19-/m1/s1.